The van der Waals surface area contributed by atoms with Crippen LogP contribution in [0.25, 0.3) is 0 Å². The molecule has 24 heavy (non-hydrogen) atoms. The van der Waals surface area contributed by atoms with E-state index in [4.69, 9.17) is 4.74 Å². The van der Waals surface area contributed by atoms with Gasteiger partial charge in [0.2, 0.25) is 0 Å². The van der Waals surface area contributed by atoms with Crippen molar-refractivity contribution in [1.29, 1.82) is 0 Å². The lowest BCUT2D eigenvalue weighted by Crippen LogP contribution is -2.38. The maximum absolute atomic E-state index is 11.8. The van der Waals surface area contributed by atoms with Crippen LogP contribution in [0.1, 0.15) is 26.3 Å². The molecule has 1 aliphatic rings. The quantitative estimate of drug-likeness (QED) is 0.864. The predicted octanol–water partition coefficient (Wildman–Crippen LogP) is 2.34. The molecule has 0 spiro atoms. The van der Waals surface area contributed by atoms with E-state index >= 15 is 0 Å². The Hall–Kier alpha value is -2.08. The summed E-state index contributed by atoms with van der Waals surface area (Å²) in [5.74, 6) is -1.43. The summed E-state index contributed by atoms with van der Waals surface area (Å²) in [5.41, 5.74) is 0.591. The fourth-order valence-electron chi connectivity index (χ4n) is 2.95. The summed E-state index contributed by atoms with van der Waals surface area (Å²) in [6, 6.07) is 9.97. The van der Waals surface area contributed by atoms with Crippen molar-refractivity contribution in [2.75, 3.05) is 19.6 Å². The van der Waals surface area contributed by atoms with Gasteiger partial charge in [0, 0.05) is 32.1 Å². The van der Waals surface area contributed by atoms with E-state index in [0.29, 0.717) is 26.2 Å². The molecule has 2 rings (SSSR count). The number of alkyl carbamates (subject to hydrolysis) is 1. The Balaban J connectivity index is 1.90. The minimum absolute atomic E-state index is 0.126. The summed E-state index contributed by atoms with van der Waals surface area (Å²) in [7, 11) is 0. The van der Waals surface area contributed by atoms with E-state index in [-0.39, 0.29) is 5.92 Å². The number of nitrogens with zero attached hydrogens (tertiary/aromatic N) is 1. The highest BCUT2D eigenvalue weighted by atomic mass is 16.6. The summed E-state index contributed by atoms with van der Waals surface area (Å²) in [4.78, 5) is 25.4. The normalized spacial score (nSPS) is 21.5. The monoisotopic (exact) mass is 334 g/mol. The van der Waals surface area contributed by atoms with Crippen molar-refractivity contribution in [1.82, 2.24) is 10.2 Å². The van der Waals surface area contributed by atoms with Gasteiger partial charge in [0.25, 0.3) is 0 Å². The first-order valence-electron chi connectivity index (χ1n) is 8.20. The molecule has 2 N–H and O–H groups in total. The molecule has 1 aromatic rings. The van der Waals surface area contributed by atoms with Crippen LogP contribution in [0.5, 0.6) is 0 Å². The standard InChI is InChI=1S/C18H26N2O4/c1-18(2,3)24-17(23)19-9-14-11-20(12-15(14)16(21)22)10-13-7-5-4-6-8-13/h4-8,14-15H,9-12H2,1-3H3,(H,19,23)(H,21,22)/t14-,15+/m1/s1. The molecule has 1 fully saturated rings. The van der Waals surface area contributed by atoms with Crippen LogP contribution < -0.4 is 5.32 Å². The molecule has 0 saturated carbocycles. The maximum Gasteiger partial charge on any atom is 0.407 e. The van der Waals surface area contributed by atoms with E-state index < -0.39 is 23.6 Å². The van der Waals surface area contributed by atoms with Crippen molar-refractivity contribution >= 4 is 12.1 Å². The molecule has 0 aliphatic carbocycles. The topological polar surface area (TPSA) is 78.9 Å². The molecule has 1 saturated heterocycles. The van der Waals surface area contributed by atoms with Crippen molar-refractivity contribution in [3.05, 3.63) is 35.9 Å². The Morgan fingerprint density at radius 2 is 1.92 bits per heavy atom. The van der Waals surface area contributed by atoms with Gasteiger partial charge in [-0.3, -0.25) is 9.69 Å². The SMILES string of the molecule is CC(C)(C)OC(=O)NC[C@@H]1CN(Cc2ccccc2)C[C@@H]1C(=O)O. The molecular weight excluding hydrogens is 308 g/mol. The van der Waals surface area contributed by atoms with E-state index in [1.807, 2.05) is 30.3 Å². The first-order chi connectivity index (χ1) is 11.2. The molecule has 1 heterocycles. The number of likely N-dealkylation sites (tertiary alicyclic amines) is 1. The van der Waals surface area contributed by atoms with Gasteiger partial charge in [0.1, 0.15) is 5.60 Å². The van der Waals surface area contributed by atoms with E-state index in [9.17, 15) is 14.7 Å². The van der Waals surface area contributed by atoms with Gasteiger partial charge in [-0.1, -0.05) is 30.3 Å². The summed E-state index contributed by atoms with van der Waals surface area (Å²) in [6.45, 7) is 7.54. The highest BCUT2D eigenvalue weighted by molar-refractivity contribution is 5.71. The molecule has 6 heteroatoms. The molecule has 1 aromatic carbocycles. The average Bonchev–Trinajstić information content (AvgIpc) is 2.87. The molecule has 1 aliphatic heterocycles. The number of nitrogens with one attached hydrogen (secondary N) is 1. The number of aliphatic carboxylic acids is 1. The van der Waals surface area contributed by atoms with Crippen molar-refractivity contribution < 1.29 is 19.4 Å². The number of rotatable bonds is 5. The van der Waals surface area contributed by atoms with Crippen molar-refractivity contribution in [3.8, 4) is 0 Å². The van der Waals surface area contributed by atoms with Crippen molar-refractivity contribution in [2.45, 2.75) is 32.9 Å². The van der Waals surface area contributed by atoms with Gasteiger partial charge in [-0.05, 0) is 26.3 Å². The Morgan fingerprint density at radius 3 is 2.50 bits per heavy atom. The van der Waals surface area contributed by atoms with Crippen LogP contribution in [0.3, 0.4) is 0 Å². The van der Waals surface area contributed by atoms with Gasteiger partial charge in [-0.15, -0.1) is 0 Å². The van der Waals surface area contributed by atoms with E-state index in [0.717, 1.165) is 5.56 Å². The van der Waals surface area contributed by atoms with E-state index in [1.54, 1.807) is 20.8 Å². The largest absolute Gasteiger partial charge is 0.481 e. The lowest BCUT2D eigenvalue weighted by molar-refractivity contribution is -0.142. The Morgan fingerprint density at radius 1 is 1.25 bits per heavy atom. The van der Waals surface area contributed by atoms with Crippen LogP contribution in [0, 0.1) is 11.8 Å². The molecule has 0 unspecified atom stereocenters. The van der Waals surface area contributed by atoms with Gasteiger partial charge in [0.15, 0.2) is 0 Å². The zero-order valence-electron chi connectivity index (χ0n) is 14.5. The maximum atomic E-state index is 11.8. The van der Waals surface area contributed by atoms with Gasteiger partial charge < -0.3 is 15.2 Å². The number of hydrogen-bond donors (Lipinski definition) is 2. The van der Waals surface area contributed by atoms with Crippen LogP contribution in [0.15, 0.2) is 30.3 Å². The van der Waals surface area contributed by atoms with Crippen molar-refractivity contribution in [3.63, 3.8) is 0 Å². The summed E-state index contributed by atoms with van der Waals surface area (Å²) in [5, 5.41) is 12.1. The Kier molecular flexibility index (Phi) is 5.83. The number of carboxylic acid groups (broad SMARTS) is 1. The van der Waals surface area contributed by atoms with Crippen LogP contribution in [-0.2, 0) is 16.1 Å². The van der Waals surface area contributed by atoms with Gasteiger partial charge in [-0.25, -0.2) is 4.79 Å². The number of carbonyl (C=O) groups excluding carboxylic acids is 1. The van der Waals surface area contributed by atoms with Gasteiger partial charge >= 0.3 is 12.1 Å². The number of amides is 1. The third-order valence-corrected chi connectivity index (χ3v) is 3.99. The third kappa shape index (κ3) is 5.53. The van der Waals surface area contributed by atoms with E-state index in [2.05, 4.69) is 10.2 Å². The second-order valence-electron chi connectivity index (χ2n) is 7.27. The zero-order valence-corrected chi connectivity index (χ0v) is 14.5. The van der Waals surface area contributed by atoms with E-state index in [1.165, 1.54) is 0 Å². The summed E-state index contributed by atoms with van der Waals surface area (Å²) < 4.78 is 5.20. The second-order valence-corrected chi connectivity index (χ2v) is 7.27. The molecule has 1 amide bonds. The summed E-state index contributed by atoms with van der Waals surface area (Å²) in [6.07, 6.45) is -0.506. The van der Waals surface area contributed by atoms with Crippen LogP contribution in [0.2, 0.25) is 0 Å². The number of benzene rings is 1. The van der Waals surface area contributed by atoms with Crippen molar-refractivity contribution in [2.24, 2.45) is 11.8 Å². The number of carboxylic acids is 1. The molecule has 0 bridgehead atoms. The minimum atomic E-state index is -0.818. The fraction of sp³-hybridized carbons (Fsp3) is 0.556. The number of carbonyl (C=O) groups is 2. The first-order valence-corrected chi connectivity index (χ1v) is 8.20. The third-order valence-electron chi connectivity index (χ3n) is 3.99. The lowest BCUT2D eigenvalue weighted by atomic mass is 9.96. The van der Waals surface area contributed by atoms with Gasteiger partial charge in [0.05, 0.1) is 5.92 Å². The zero-order chi connectivity index (χ0) is 17.7. The molecule has 2 atom stereocenters. The smallest absolute Gasteiger partial charge is 0.407 e. The molecule has 0 radical (unpaired) electrons. The van der Waals surface area contributed by atoms with Crippen LogP contribution >= 0.6 is 0 Å². The highest BCUT2D eigenvalue weighted by Crippen LogP contribution is 2.25. The molecule has 132 valence electrons. The average molecular weight is 334 g/mol. The van der Waals surface area contributed by atoms with Gasteiger partial charge in [-0.2, -0.15) is 0 Å². The predicted molar refractivity (Wildman–Crippen MR) is 90.6 cm³/mol. The Bertz CT molecular complexity index is 568. The van der Waals surface area contributed by atoms with Crippen LogP contribution in [0.4, 0.5) is 4.79 Å². The first kappa shape index (κ1) is 18.3. The summed E-state index contributed by atoms with van der Waals surface area (Å²) >= 11 is 0. The molecular formula is C18H26N2O4. The number of hydrogen-bond acceptors (Lipinski definition) is 4. The minimum Gasteiger partial charge on any atom is -0.481 e. The Labute approximate surface area is 142 Å². The molecule has 6 nitrogen and oxygen atoms in total. The molecule has 0 aromatic heterocycles. The fourth-order valence-corrected chi connectivity index (χ4v) is 2.95. The number of ether oxygens (including phenoxy) is 1. The lowest BCUT2D eigenvalue weighted by Gasteiger charge is -2.21. The van der Waals surface area contributed by atoms with Crippen LogP contribution in [-0.4, -0.2) is 47.3 Å². The second kappa shape index (κ2) is 7.66. The highest BCUT2D eigenvalue weighted by Gasteiger charge is 2.37.